The topological polar surface area (TPSA) is 44.4 Å². The molecule has 1 amide bonds. The molecule has 4 heteroatoms. The van der Waals surface area contributed by atoms with Crippen LogP contribution >= 0.6 is 0 Å². The highest BCUT2D eigenvalue weighted by Crippen LogP contribution is 2.15. The highest BCUT2D eigenvalue weighted by molar-refractivity contribution is 5.78. The summed E-state index contributed by atoms with van der Waals surface area (Å²) in [6, 6.07) is 0.296. The maximum absolute atomic E-state index is 12.1. The molecule has 1 unspecified atom stereocenters. The minimum absolute atomic E-state index is 0.0705. The van der Waals surface area contributed by atoms with E-state index in [4.69, 9.17) is 0 Å². The number of hydrogen-bond donors (Lipinski definition) is 2. The minimum atomic E-state index is 0.0705. The number of carbonyl (C=O) groups is 1. The van der Waals surface area contributed by atoms with Gasteiger partial charge in [-0.25, -0.2) is 0 Å². The summed E-state index contributed by atoms with van der Waals surface area (Å²) in [6.07, 6.45) is 4.78. The van der Waals surface area contributed by atoms with E-state index in [9.17, 15) is 4.79 Å². The van der Waals surface area contributed by atoms with Gasteiger partial charge in [-0.15, -0.1) is 0 Å². The molecule has 0 spiro atoms. The van der Waals surface area contributed by atoms with Crippen molar-refractivity contribution in [1.29, 1.82) is 0 Å². The molecule has 1 atom stereocenters. The monoisotopic (exact) mass is 269 g/mol. The van der Waals surface area contributed by atoms with E-state index >= 15 is 0 Å². The van der Waals surface area contributed by atoms with Crippen molar-refractivity contribution < 1.29 is 4.79 Å². The first-order chi connectivity index (χ1) is 8.95. The zero-order chi connectivity index (χ0) is 14.3. The van der Waals surface area contributed by atoms with E-state index in [0.29, 0.717) is 12.6 Å². The standard InChI is InChI=1S/C15H31N3O/c1-5-6-7-8-13(2)17-14(19)11-18-10-9-16-12-15(18,3)4/h13,16H,5-12H2,1-4H3,(H,17,19). The number of amides is 1. The van der Waals surface area contributed by atoms with Crippen LogP contribution in [0.2, 0.25) is 0 Å². The van der Waals surface area contributed by atoms with Gasteiger partial charge < -0.3 is 10.6 Å². The predicted octanol–water partition coefficient (Wildman–Crippen LogP) is 1.76. The summed E-state index contributed by atoms with van der Waals surface area (Å²) >= 11 is 0. The Hall–Kier alpha value is -0.610. The average molecular weight is 269 g/mol. The zero-order valence-corrected chi connectivity index (χ0v) is 13.1. The summed E-state index contributed by atoms with van der Waals surface area (Å²) in [5.41, 5.74) is 0.0705. The second kappa shape index (κ2) is 7.85. The lowest BCUT2D eigenvalue weighted by molar-refractivity contribution is -0.124. The molecule has 4 nitrogen and oxygen atoms in total. The molecule has 1 aliphatic heterocycles. The summed E-state index contributed by atoms with van der Waals surface area (Å²) in [4.78, 5) is 14.3. The second-order valence-electron chi connectivity index (χ2n) is 6.38. The molecule has 1 fully saturated rings. The molecule has 1 aliphatic rings. The van der Waals surface area contributed by atoms with Gasteiger partial charge in [-0.2, -0.15) is 0 Å². The Morgan fingerprint density at radius 3 is 2.79 bits per heavy atom. The SMILES string of the molecule is CCCCCC(C)NC(=O)CN1CCNCC1(C)C. The third-order valence-electron chi connectivity index (χ3n) is 3.95. The predicted molar refractivity (Wildman–Crippen MR) is 80.3 cm³/mol. The van der Waals surface area contributed by atoms with Crippen LogP contribution in [0.1, 0.15) is 53.4 Å². The van der Waals surface area contributed by atoms with Crippen LogP contribution in [0.5, 0.6) is 0 Å². The van der Waals surface area contributed by atoms with Gasteiger partial charge in [0.05, 0.1) is 6.54 Å². The van der Waals surface area contributed by atoms with Gasteiger partial charge in [0.15, 0.2) is 0 Å². The number of nitrogens with zero attached hydrogens (tertiary/aromatic N) is 1. The van der Waals surface area contributed by atoms with Gasteiger partial charge in [-0.3, -0.25) is 9.69 Å². The smallest absolute Gasteiger partial charge is 0.234 e. The van der Waals surface area contributed by atoms with Crippen LogP contribution in [-0.4, -0.2) is 48.6 Å². The largest absolute Gasteiger partial charge is 0.353 e. The third-order valence-corrected chi connectivity index (χ3v) is 3.95. The number of rotatable bonds is 7. The van der Waals surface area contributed by atoms with E-state index < -0.39 is 0 Å². The number of hydrogen-bond acceptors (Lipinski definition) is 3. The van der Waals surface area contributed by atoms with Crippen LogP contribution in [0, 0.1) is 0 Å². The van der Waals surface area contributed by atoms with Gasteiger partial charge in [0.25, 0.3) is 0 Å². The van der Waals surface area contributed by atoms with Crippen LogP contribution in [-0.2, 0) is 4.79 Å². The zero-order valence-electron chi connectivity index (χ0n) is 13.1. The fraction of sp³-hybridized carbons (Fsp3) is 0.933. The first-order valence-corrected chi connectivity index (χ1v) is 7.71. The van der Waals surface area contributed by atoms with Crippen LogP contribution in [0.25, 0.3) is 0 Å². The summed E-state index contributed by atoms with van der Waals surface area (Å²) < 4.78 is 0. The normalized spacial score (nSPS) is 21.1. The van der Waals surface area contributed by atoms with Crippen LogP contribution in [0.4, 0.5) is 0 Å². The third kappa shape index (κ3) is 5.91. The number of piperazine rings is 1. The van der Waals surface area contributed by atoms with E-state index in [1.165, 1.54) is 19.3 Å². The van der Waals surface area contributed by atoms with E-state index in [-0.39, 0.29) is 11.4 Å². The molecule has 112 valence electrons. The maximum Gasteiger partial charge on any atom is 0.234 e. The fourth-order valence-corrected chi connectivity index (χ4v) is 2.58. The van der Waals surface area contributed by atoms with Crippen molar-refractivity contribution in [2.75, 3.05) is 26.2 Å². The van der Waals surface area contributed by atoms with Crippen molar-refractivity contribution >= 4 is 5.91 Å². The summed E-state index contributed by atoms with van der Waals surface area (Å²) in [6.45, 7) is 12.1. The van der Waals surface area contributed by atoms with E-state index in [2.05, 4.69) is 43.2 Å². The Morgan fingerprint density at radius 2 is 2.16 bits per heavy atom. The molecule has 0 bridgehead atoms. The molecular weight excluding hydrogens is 238 g/mol. The molecule has 0 aromatic heterocycles. The minimum Gasteiger partial charge on any atom is -0.353 e. The highest BCUT2D eigenvalue weighted by atomic mass is 16.2. The lowest BCUT2D eigenvalue weighted by Gasteiger charge is -2.42. The Labute approximate surface area is 118 Å². The van der Waals surface area contributed by atoms with Crippen LogP contribution in [0.3, 0.4) is 0 Å². The van der Waals surface area contributed by atoms with Crippen molar-refractivity contribution in [2.45, 2.75) is 65.0 Å². The van der Waals surface area contributed by atoms with E-state index in [1.54, 1.807) is 0 Å². The molecule has 0 aliphatic carbocycles. The molecule has 2 N–H and O–H groups in total. The molecule has 0 saturated carbocycles. The maximum atomic E-state index is 12.1. The Morgan fingerprint density at radius 1 is 1.42 bits per heavy atom. The first-order valence-electron chi connectivity index (χ1n) is 7.71. The van der Waals surface area contributed by atoms with Crippen LogP contribution < -0.4 is 10.6 Å². The van der Waals surface area contributed by atoms with Gasteiger partial charge >= 0.3 is 0 Å². The van der Waals surface area contributed by atoms with Crippen molar-refractivity contribution in [3.63, 3.8) is 0 Å². The summed E-state index contributed by atoms with van der Waals surface area (Å²) in [7, 11) is 0. The lowest BCUT2D eigenvalue weighted by Crippen LogP contribution is -2.60. The molecule has 0 radical (unpaired) electrons. The quantitative estimate of drug-likeness (QED) is 0.692. The lowest BCUT2D eigenvalue weighted by atomic mass is 10.0. The summed E-state index contributed by atoms with van der Waals surface area (Å²) in [5, 5.41) is 6.50. The van der Waals surface area contributed by atoms with Crippen molar-refractivity contribution in [3.8, 4) is 0 Å². The average Bonchev–Trinajstić information content (AvgIpc) is 2.32. The van der Waals surface area contributed by atoms with Gasteiger partial charge in [-0.05, 0) is 27.2 Å². The number of nitrogens with one attached hydrogen (secondary N) is 2. The van der Waals surface area contributed by atoms with Crippen molar-refractivity contribution in [2.24, 2.45) is 0 Å². The van der Waals surface area contributed by atoms with Crippen molar-refractivity contribution in [1.82, 2.24) is 15.5 Å². The molecule has 1 heterocycles. The first kappa shape index (κ1) is 16.4. The van der Waals surface area contributed by atoms with Crippen LogP contribution in [0.15, 0.2) is 0 Å². The molecular formula is C15H31N3O. The molecule has 19 heavy (non-hydrogen) atoms. The van der Waals surface area contributed by atoms with Gasteiger partial charge in [0, 0.05) is 31.2 Å². The molecule has 0 aromatic carbocycles. The van der Waals surface area contributed by atoms with Gasteiger partial charge in [-0.1, -0.05) is 26.2 Å². The summed E-state index contributed by atoms with van der Waals surface area (Å²) in [5.74, 6) is 0.166. The number of carbonyl (C=O) groups excluding carboxylic acids is 1. The second-order valence-corrected chi connectivity index (χ2v) is 6.38. The molecule has 0 aromatic rings. The highest BCUT2D eigenvalue weighted by Gasteiger charge is 2.30. The van der Waals surface area contributed by atoms with E-state index in [1.807, 2.05) is 0 Å². The van der Waals surface area contributed by atoms with Gasteiger partial charge in [0.1, 0.15) is 0 Å². The fourth-order valence-electron chi connectivity index (χ4n) is 2.58. The molecule has 1 rings (SSSR count). The Bertz CT molecular complexity index is 279. The number of unbranched alkanes of at least 4 members (excludes halogenated alkanes) is 2. The Kier molecular flexibility index (Phi) is 6.80. The molecule has 1 saturated heterocycles. The van der Waals surface area contributed by atoms with Gasteiger partial charge in [0.2, 0.25) is 5.91 Å². The van der Waals surface area contributed by atoms with E-state index in [0.717, 1.165) is 26.1 Å². The Balaban J connectivity index is 2.29. The van der Waals surface area contributed by atoms with Crippen molar-refractivity contribution in [3.05, 3.63) is 0 Å².